The van der Waals surface area contributed by atoms with E-state index in [9.17, 15) is 0 Å². The molecule has 3 nitrogen and oxygen atoms in total. The minimum atomic E-state index is 0.205. The van der Waals surface area contributed by atoms with Gasteiger partial charge >= 0.3 is 0 Å². The third kappa shape index (κ3) is 2.54. The number of hydrogen-bond acceptors (Lipinski definition) is 3. The van der Waals surface area contributed by atoms with Crippen molar-refractivity contribution < 1.29 is 4.74 Å². The molecule has 0 saturated carbocycles. The first kappa shape index (κ1) is 14.5. The minimum absolute atomic E-state index is 0.205. The first-order chi connectivity index (χ1) is 10.6. The van der Waals surface area contributed by atoms with Crippen LogP contribution < -0.4 is 4.74 Å². The van der Waals surface area contributed by atoms with Crippen molar-refractivity contribution in [2.75, 3.05) is 7.11 Å². The molecule has 0 saturated heterocycles. The SMILES string of the molecule is COc1ccc(C(C)c2nc(C)nc3ccccc23)cc1C. The molecule has 22 heavy (non-hydrogen) atoms. The molecule has 0 radical (unpaired) electrons. The zero-order chi connectivity index (χ0) is 15.7. The molecule has 0 amide bonds. The fraction of sp³-hybridized carbons (Fsp3) is 0.263. The average molecular weight is 292 g/mol. The van der Waals surface area contributed by atoms with E-state index in [0.29, 0.717) is 0 Å². The van der Waals surface area contributed by atoms with Crippen LogP contribution in [0.1, 0.15) is 35.5 Å². The van der Waals surface area contributed by atoms with Gasteiger partial charge in [-0.2, -0.15) is 0 Å². The molecule has 3 rings (SSSR count). The Kier molecular flexibility index (Phi) is 3.80. The predicted octanol–water partition coefficient (Wildman–Crippen LogP) is 4.41. The maximum atomic E-state index is 5.35. The van der Waals surface area contributed by atoms with Gasteiger partial charge in [-0.15, -0.1) is 0 Å². The Balaban J connectivity index is 2.12. The molecule has 2 aromatic carbocycles. The van der Waals surface area contributed by atoms with Crippen molar-refractivity contribution in [2.24, 2.45) is 0 Å². The second-order valence-electron chi connectivity index (χ2n) is 5.62. The molecule has 0 aliphatic rings. The molecule has 0 spiro atoms. The van der Waals surface area contributed by atoms with E-state index in [-0.39, 0.29) is 5.92 Å². The lowest BCUT2D eigenvalue weighted by Crippen LogP contribution is -2.04. The van der Waals surface area contributed by atoms with Gasteiger partial charge < -0.3 is 4.74 Å². The lowest BCUT2D eigenvalue weighted by molar-refractivity contribution is 0.411. The summed E-state index contributed by atoms with van der Waals surface area (Å²) in [4.78, 5) is 9.23. The van der Waals surface area contributed by atoms with Crippen LogP contribution in [-0.4, -0.2) is 17.1 Å². The highest BCUT2D eigenvalue weighted by molar-refractivity contribution is 5.81. The summed E-state index contributed by atoms with van der Waals surface area (Å²) >= 11 is 0. The van der Waals surface area contributed by atoms with Crippen LogP contribution in [-0.2, 0) is 0 Å². The smallest absolute Gasteiger partial charge is 0.126 e. The predicted molar refractivity (Wildman–Crippen MR) is 89.5 cm³/mol. The largest absolute Gasteiger partial charge is 0.496 e. The van der Waals surface area contributed by atoms with Gasteiger partial charge in [-0.1, -0.05) is 37.3 Å². The van der Waals surface area contributed by atoms with Gasteiger partial charge in [0.05, 0.1) is 18.3 Å². The summed E-state index contributed by atoms with van der Waals surface area (Å²) < 4.78 is 5.35. The molecule has 3 heteroatoms. The topological polar surface area (TPSA) is 35.0 Å². The second kappa shape index (κ2) is 5.76. The summed E-state index contributed by atoms with van der Waals surface area (Å²) in [6.07, 6.45) is 0. The summed E-state index contributed by atoms with van der Waals surface area (Å²) in [6, 6.07) is 14.5. The Morgan fingerprint density at radius 1 is 1.00 bits per heavy atom. The van der Waals surface area contributed by atoms with Gasteiger partial charge in [0.15, 0.2) is 0 Å². The molecule has 1 aromatic heterocycles. The van der Waals surface area contributed by atoms with Crippen molar-refractivity contribution in [3.8, 4) is 5.75 Å². The molecular formula is C19H20N2O. The number of nitrogens with zero attached hydrogens (tertiary/aromatic N) is 2. The zero-order valence-electron chi connectivity index (χ0n) is 13.4. The number of benzene rings is 2. The normalized spacial score (nSPS) is 12.4. The lowest BCUT2D eigenvalue weighted by Gasteiger charge is -2.16. The number of aryl methyl sites for hydroxylation is 2. The first-order valence-corrected chi connectivity index (χ1v) is 7.48. The molecule has 1 unspecified atom stereocenters. The summed E-state index contributed by atoms with van der Waals surface area (Å²) in [5.41, 5.74) is 4.46. The molecule has 0 fully saturated rings. The molecular weight excluding hydrogens is 272 g/mol. The highest BCUT2D eigenvalue weighted by Crippen LogP contribution is 2.30. The van der Waals surface area contributed by atoms with Crippen LogP contribution in [0.2, 0.25) is 0 Å². The molecule has 0 aliphatic carbocycles. The first-order valence-electron chi connectivity index (χ1n) is 7.48. The fourth-order valence-electron chi connectivity index (χ4n) is 2.88. The molecule has 1 atom stereocenters. The van der Waals surface area contributed by atoms with Gasteiger partial charge in [-0.05, 0) is 37.1 Å². The van der Waals surface area contributed by atoms with E-state index < -0.39 is 0 Å². The van der Waals surface area contributed by atoms with Crippen molar-refractivity contribution in [3.63, 3.8) is 0 Å². The standard InChI is InChI=1S/C19H20N2O/c1-12-11-15(9-10-18(12)22-4)13(2)19-16-7-5-6-8-17(16)20-14(3)21-19/h5-11,13H,1-4H3. The van der Waals surface area contributed by atoms with Crippen LogP contribution in [0, 0.1) is 13.8 Å². The van der Waals surface area contributed by atoms with Crippen LogP contribution >= 0.6 is 0 Å². The molecule has 3 aromatic rings. The van der Waals surface area contributed by atoms with E-state index in [1.54, 1.807) is 7.11 Å². The molecule has 0 N–H and O–H groups in total. The van der Waals surface area contributed by atoms with Crippen molar-refractivity contribution in [2.45, 2.75) is 26.7 Å². The highest BCUT2D eigenvalue weighted by atomic mass is 16.5. The van der Waals surface area contributed by atoms with E-state index in [1.165, 1.54) is 5.56 Å². The Bertz CT molecular complexity index is 827. The number of fused-ring (bicyclic) bond motifs is 1. The molecule has 112 valence electrons. The summed E-state index contributed by atoms with van der Waals surface area (Å²) in [6.45, 7) is 6.20. The third-order valence-corrected chi connectivity index (χ3v) is 4.07. The van der Waals surface area contributed by atoms with Gasteiger partial charge in [0.1, 0.15) is 11.6 Å². The number of methoxy groups -OCH3 is 1. The third-order valence-electron chi connectivity index (χ3n) is 4.07. The summed E-state index contributed by atoms with van der Waals surface area (Å²) in [5.74, 6) is 1.93. The van der Waals surface area contributed by atoms with E-state index in [2.05, 4.69) is 37.0 Å². The zero-order valence-corrected chi connectivity index (χ0v) is 13.4. The Morgan fingerprint density at radius 2 is 1.77 bits per heavy atom. The summed E-state index contributed by atoms with van der Waals surface area (Å²) in [5, 5.41) is 1.12. The number of hydrogen-bond donors (Lipinski definition) is 0. The van der Waals surface area contributed by atoms with Crippen molar-refractivity contribution in [3.05, 3.63) is 65.1 Å². The van der Waals surface area contributed by atoms with Gasteiger partial charge in [0, 0.05) is 11.3 Å². The van der Waals surface area contributed by atoms with E-state index in [1.807, 2.05) is 31.2 Å². The van der Waals surface area contributed by atoms with E-state index in [4.69, 9.17) is 9.72 Å². The Labute approximate surface area is 131 Å². The Hall–Kier alpha value is -2.42. The van der Waals surface area contributed by atoms with Crippen LogP contribution in [0.4, 0.5) is 0 Å². The molecule has 0 bridgehead atoms. The monoisotopic (exact) mass is 292 g/mol. The number of para-hydroxylation sites is 1. The van der Waals surface area contributed by atoms with Crippen molar-refractivity contribution in [1.29, 1.82) is 0 Å². The van der Waals surface area contributed by atoms with Crippen LogP contribution in [0.3, 0.4) is 0 Å². The average Bonchev–Trinajstić information content (AvgIpc) is 2.53. The van der Waals surface area contributed by atoms with Gasteiger partial charge in [-0.3, -0.25) is 0 Å². The van der Waals surface area contributed by atoms with Crippen LogP contribution in [0.25, 0.3) is 10.9 Å². The van der Waals surface area contributed by atoms with E-state index >= 15 is 0 Å². The Morgan fingerprint density at radius 3 is 2.50 bits per heavy atom. The maximum Gasteiger partial charge on any atom is 0.126 e. The minimum Gasteiger partial charge on any atom is -0.496 e. The van der Waals surface area contributed by atoms with Crippen LogP contribution in [0.5, 0.6) is 5.75 Å². The summed E-state index contributed by atoms with van der Waals surface area (Å²) in [7, 11) is 1.70. The van der Waals surface area contributed by atoms with E-state index in [0.717, 1.165) is 33.7 Å². The molecule has 0 aliphatic heterocycles. The quantitative estimate of drug-likeness (QED) is 0.717. The van der Waals surface area contributed by atoms with Gasteiger partial charge in [-0.25, -0.2) is 9.97 Å². The number of ether oxygens (including phenoxy) is 1. The van der Waals surface area contributed by atoms with Gasteiger partial charge in [0.2, 0.25) is 0 Å². The van der Waals surface area contributed by atoms with Crippen LogP contribution in [0.15, 0.2) is 42.5 Å². The highest BCUT2D eigenvalue weighted by Gasteiger charge is 2.15. The fourth-order valence-corrected chi connectivity index (χ4v) is 2.88. The number of aromatic nitrogens is 2. The number of rotatable bonds is 3. The molecule has 1 heterocycles. The lowest BCUT2D eigenvalue weighted by atomic mass is 9.93. The maximum absolute atomic E-state index is 5.35. The van der Waals surface area contributed by atoms with Crippen molar-refractivity contribution >= 4 is 10.9 Å². The van der Waals surface area contributed by atoms with Gasteiger partial charge in [0.25, 0.3) is 0 Å². The van der Waals surface area contributed by atoms with Crippen molar-refractivity contribution in [1.82, 2.24) is 9.97 Å². The second-order valence-corrected chi connectivity index (χ2v) is 5.62.